The number of nitrogens with zero attached hydrogens (tertiary/aromatic N) is 1. The summed E-state index contributed by atoms with van der Waals surface area (Å²) in [5.41, 5.74) is 2.39. The van der Waals surface area contributed by atoms with Crippen LogP contribution in [0, 0.1) is 6.92 Å². The first kappa shape index (κ1) is 19.0. The van der Waals surface area contributed by atoms with E-state index < -0.39 is 0 Å². The number of hydrogen-bond acceptors (Lipinski definition) is 4. The summed E-state index contributed by atoms with van der Waals surface area (Å²) in [5.74, 6) is 0.314. The number of halogens is 3. The summed E-state index contributed by atoms with van der Waals surface area (Å²) in [6.07, 6.45) is 0. The van der Waals surface area contributed by atoms with E-state index in [1.54, 1.807) is 30.3 Å². The van der Waals surface area contributed by atoms with Gasteiger partial charge in [-0.2, -0.15) is 0 Å². The van der Waals surface area contributed by atoms with E-state index in [1.807, 2.05) is 18.4 Å². The topological polar surface area (TPSA) is 51.2 Å². The predicted octanol–water partition coefficient (Wildman–Crippen LogP) is 6.10. The van der Waals surface area contributed by atoms with Gasteiger partial charge in [0.15, 0.2) is 11.7 Å². The molecule has 0 atom stereocenters. The number of ether oxygens (including phenoxy) is 1. The zero-order chi connectivity index (χ0) is 18.7. The molecule has 2 aromatic carbocycles. The summed E-state index contributed by atoms with van der Waals surface area (Å²) in [6.45, 7) is 1.74. The number of rotatable bonds is 5. The second-order valence-electron chi connectivity index (χ2n) is 5.41. The van der Waals surface area contributed by atoms with E-state index in [0.717, 1.165) is 11.1 Å². The van der Waals surface area contributed by atoms with Crippen molar-refractivity contribution in [3.8, 4) is 17.0 Å². The number of benzene rings is 2. The average molecular weight is 428 g/mol. The number of thiazole rings is 1. The smallest absolute Gasteiger partial charge is 0.264 e. The van der Waals surface area contributed by atoms with Gasteiger partial charge in [-0.15, -0.1) is 11.3 Å². The summed E-state index contributed by atoms with van der Waals surface area (Å²) >= 11 is 19.2. The maximum atomic E-state index is 12.1. The molecule has 0 saturated heterocycles. The van der Waals surface area contributed by atoms with Gasteiger partial charge in [-0.1, -0.05) is 40.9 Å². The van der Waals surface area contributed by atoms with Crippen molar-refractivity contribution in [2.45, 2.75) is 6.92 Å². The Morgan fingerprint density at radius 1 is 1.15 bits per heavy atom. The van der Waals surface area contributed by atoms with Gasteiger partial charge in [0.25, 0.3) is 5.91 Å². The SMILES string of the molecule is Cc1cc(Cl)ccc1OCC(=O)Nc1nc(-c2ccc(Cl)c(Cl)c2)cs1. The van der Waals surface area contributed by atoms with Crippen LogP contribution in [0.3, 0.4) is 0 Å². The fourth-order valence-corrected chi connectivity index (χ4v) is 3.45. The highest BCUT2D eigenvalue weighted by Gasteiger charge is 2.11. The van der Waals surface area contributed by atoms with Gasteiger partial charge in [0, 0.05) is 16.0 Å². The third-order valence-electron chi connectivity index (χ3n) is 3.46. The van der Waals surface area contributed by atoms with Crippen LogP contribution in [0.15, 0.2) is 41.8 Å². The first-order valence-corrected chi connectivity index (χ1v) is 9.53. The van der Waals surface area contributed by atoms with Gasteiger partial charge in [0.2, 0.25) is 0 Å². The van der Waals surface area contributed by atoms with E-state index in [1.165, 1.54) is 11.3 Å². The molecule has 1 N–H and O–H groups in total. The quantitative estimate of drug-likeness (QED) is 0.535. The molecule has 1 heterocycles. The lowest BCUT2D eigenvalue weighted by molar-refractivity contribution is -0.118. The van der Waals surface area contributed by atoms with Gasteiger partial charge in [-0.3, -0.25) is 10.1 Å². The maximum absolute atomic E-state index is 12.1. The number of anilines is 1. The fraction of sp³-hybridized carbons (Fsp3) is 0.111. The number of carbonyl (C=O) groups is 1. The number of aryl methyl sites for hydroxylation is 1. The van der Waals surface area contributed by atoms with Crippen LogP contribution in [-0.4, -0.2) is 17.5 Å². The third kappa shape index (κ3) is 4.68. The monoisotopic (exact) mass is 426 g/mol. The molecule has 0 aliphatic heterocycles. The summed E-state index contributed by atoms with van der Waals surface area (Å²) in [6, 6.07) is 10.5. The lowest BCUT2D eigenvalue weighted by Crippen LogP contribution is -2.20. The molecule has 134 valence electrons. The molecule has 4 nitrogen and oxygen atoms in total. The molecule has 26 heavy (non-hydrogen) atoms. The zero-order valence-electron chi connectivity index (χ0n) is 13.6. The van der Waals surface area contributed by atoms with E-state index in [2.05, 4.69) is 10.3 Å². The Labute approximate surface area is 169 Å². The van der Waals surface area contributed by atoms with Crippen molar-refractivity contribution in [2.24, 2.45) is 0 Å². The van der Waals surface area contributed by atoms with Crippen molar-refractivity contribution in [3.05, 3.63) is 62.4 Å². The molecule has 1 amide bonds. The van der Waals surface area contributed by atoms with Gasteiger partial charge >= 0.3 is 0 Å². The molecule has 0 bridgehead atoms. The first-order valence-electron chi connectivity index (χ1n) is 7.52. The Morgan fingerprint density at radius 2 is 1.96 bits per heavy atom. The van der Waals surface area contributed by atoms with Gasteiger partial charge in [0.1, 0.15) is 5.75 Å². The van der Waals surface area contributed by atoms with E-state index in [9.17, 15) is 4.79 Å². The van der Waals surface area contributed by atoms with Crippen molar-refractivity contribution in [3.63, 3.8) is 0 Å². The molecule has 1 aromatic heterocycles. The van der Waals surface area contributed by atoms with Gasteiger partial charge in [-0.25, -0.2) is 4.98 Å². The summed E-state index contributed by atoms with van der Waals surface area (Å²) in [5, 5.41) is 6.59. The molecule has 0 unspecified atom stereocenters. The Kier molecular flexibility index (Phi) is 6.04. The number of aromatic nitrogens is 1. The molecule has 0 spiro atoms. The minimum atomic E-state index is -0.297. The van der Waals surface area contributed by atoms with Crippen LogP contribution in [0.2, 0.25) is 15.1 Å². The molecular weight excluding hydrogens is 415 g/mol. The minimum Gasteiger partial charge on any atom is -0.483 e. The van der Waals surface area contributed by atoms with Gasteiger partial charge in [-0.05, 0) is 42.8 Å². The molecule has 8 heteroatoms. The van der Waals surface area contributed by atoms with Crippen LogP contribution in [0.25, 0.3) is 11.3 Å². The highest BCUT2D eigenvalue weighted by molar-refractivity contribution is 7.14. The van der Waals surface area contributed by atoms with E-state index in [0.29, 0.717) is 31.6 Å². The summed E-state index contributed by atoms with van der Waals surface area (Å²) in [4.78, 5) is 16.5. The second kappa shape index (κ2) is 8.27. The van der Waals surface area contributed by atoms with E-state index in [4.69, 9.17) is 39.5 Å². The Hall–Kier alpha value is -1.79. The van der Waals surface area contributed by atoms with Crippen LogP contribution >= 0.6 is 46.1 Å². The number of carbonyl (C=O) groups excluding carboxylic acids is 1. The predicted molar refractivity (Wildman–Crippen MR) is 108 cm³/mol. The first-order chi connectivity index (χ1) is 12.4. The number of nitrogens with one attached hydrogen (secondary N) is 1. The Balaban J connectivity index is 1.61. The largest absolute Gasteiger partial charge is 0.483 e. The fourth-order valence-electron chi connectivity index (χ4n) is 2.19. The van der Waals surface area contributed by atoms with Crippen molar-refractivity contribution >= 4 is 57.2 Å². The highest BCUT2D eigenvalue weighted by atomic mass is 35.5. The highest BCUT2D eigenvalue weighted by Crippen LogP contribution is 2.30. The second-order valence-corrected chi connectivity index (χ2v) is 7.52. The summed E-state index contributed by atoms with van der Waals surface area (Å²) < 4.78 is 5.52. The molecule has 0 aliphatic rings. The standard InChI is InChI=1S/C18H13Cl3N2O2S/c1-10-6-12(19)3-5-16(10)25-8-17(24)23-18-22-15(9-26-18)11-2-4-13(20)14(21)7-11/h2-7,9H,8H2,1H3,(H,22,23,24). The molecule has 0 fully saturated rings. The van der Waals surface area contributed by atoms with Crippen molar-refractivity contribution in [2.75, 3.05) is 11.9 Å². The summed E-state index contributed by atoms with van der Waals surface area (Å²) in [7, 11) is 0. The maximum Gasteiger partial charge on any atom is 0.264 e. The van der Waals surface area contributed by atoms with Crippen LogP contribution < -0.4 is 10.1 Å². The van der Waals surface area contributed by atoms with Crippen molar-refractivity contribution in [1.29, 1.82) is 0 Å². The van der Waals surface area contributed by atoms with Crippen molar-refractivity contribution < 1.29 is 9.53 Å². The van der Waals surface area contributed by atoms with Crippen LogP contribution in [0.1, 0.15) is 5.56 Å². The third-order valence-corrected chi connectivity index (χ3v) is 5.19. The van der Waals surface area contributed by atoms with E-state index in [-0.39, 0.29) is 12.5 Å². The van der Waals surface area contributed by atoms with Gasteiger partial charge < -0.3 is 4.74 Å². The molecule has 0 saturated carbocycles. The van der Waals surface area contributed by atoms with Crippen LogP contribution in [0.5, 0.6) is 5.75 Å². The lowest BCUT2D eigenvalue weighted by Gasteiger charge is -2.08. The average Bonchev–Trinajstić information content (AvgIpc) is 3.05. The molecule has 0 aliphatic carbocycles. The number of amides is 1. The van der Waals surface area contributed by atoms with Crippen molar-refractivity contribution in [1.82, 2.24) is 4.98 Å². The molecular formula is C18H13Cl3N2O2S. The lowest BCUT2D eigenvalue weighted by atomic mass is 10.2. The molecule has 3 aromatic rings. The zero-order valence-corrected chi connectivity index (χ0v) is 16.6. The Morgan fingerprint density at radius 3 is 2.69 bits per heavy atom. The van der Waals surface area contributed by atoms with Crippen LogP contribution in [0.4, 0.5) is 5.13 Å². The number of hydrogen-bond donors (Lipinski definition) is 1. The van der Waals surface area contributed by atoms with Crippen LogP contribution in [-0.2, 0) is 4.79 Å². The Bertz CT molecular complexity index is 959. The van der Waals surface area contributed by atoms with Gasteiger partial charge in [0.05, 0.1) is 15.7 Å². The normalized spacial score (nSPS) is 10.6. The molecule has 3 rings (SSSR count). The molecule has 0 radical (unpaired) electrons. The minimum absolute atomic E-state index is 0.121. The van der Waals surface area contributed by atoms with E-state index >= 15 is 0 Å².